The van der Waals surface area contributed by atoms with Gasteiger partial charge in [-0.05, 0) is 60.4 Å². The van der Waals surface area contributed by atoms with Crippen LogP contribution in [-0.2, 0) is 0 Å². The Balaban J connectivity index is 1.80. The summed E-state index contributed by atoms with van der Waals surface area (Å²) in [6.45, 7) is 3.54. The second-order valence-corrected chi connectivity index (χ2v) is 7.97. The number of halogens is 2. The van der Waals surface area contributed by atoms with Crippen LogP contribution < -0.4 is 16.4 Å². The molecule has 0 aliphatic carbocycles. The normalized spacial score (nSPS) is 11.4. The molecule has 1 unspecified atom stereocenters. The van der Waals surface area contributed by atoms with E-state index in [0.29, 0.717) is 28.1 Å². The maximum atomic E-state index is 14.1. The molecule has 0 saturated heterocycles. The molecule has 3 rings (SSSR count). The number of hydrogen-bond acceptors (Lipinski definition) is 5. The van der Waals surface area contributed by atoms with Crippen LogP contribution in [0.4, 0.5) is 21.6 Å². The van der Waals surface area contributed by atoms with Crippen molar-refractivity contribution in [3.05, 3.63) is 81.8 Å². The van der Waals surface area contributed by atoms with Gasteiger partial charge in [-0.2, -0.15) is 5.26 Å². The number of hydrogen-bond donors (Lipinski definition) is 3. The first-order chi connectivity index (χ1) is 15.7. The van der Waals surface area contributed by atoms with E-state index in [2.05, 4.69) is 15.6 Å². The first kappa shape index (κ1) is 23.7. The first-order valence-corrected chi connectivity index (χ1v) is 10.4. The number of pyridine rings is 1. The molecule has 0 fully saturated rings. The average Bonchev–Trinajstić information content (AvgIpc) is 2.77. The summed E-state index contributed by atoms with van der Waals surface area (Å²) in [5, 5.41) is 14.5. The van der Waals surface area contributed by atoms with Crippen LogP contribution in [0.2, 0.25) is 5.02 Å². The summed E-state index contributed by atoms with van der Waals surface area (Å²) in [4.78, 5) is 29.4. The number of aromatic nitrogens is 1. The number of nitrogens with two attached hydrogens (primary N) is 1. The fourth-order valence-corrected chi connectivity index (χ4v) is 3.31. The molecule has 0 aliphatic heterocycles. The van der Waals surface area contributed by atoms with E-state index < -0.39 is 17.6 Å². The summed E-state index contributed by atoms with van der Waals surface area (Å²) in [7, 11) is 0. The molecule has 1 atom stereocenters. The SMILES string of the molecule is Cc1ccc(NC(=O)c2cc(F)cc(C(C)CC#N)c2)cc1C(=O)Nc1cnc(N)c(Cl)c1. The van der Waals surface area contributed by atoms with Crippen molar-refractivity contribution in [1.29, 1.82) is 5.26 Å². The third kappa shape index (κ3) is 5.84. The minimum Gasteiger partial charge on any atom is -0.382 e. The topological polar surface area (TPSA) is 121 Å². The van der Waals surface area contributed by atoms with Gasteiger partial charge in [-0.1, -0.05) is 24.6 Å². The van der Waals surface area contributed by atoms with Gasteiger partial charge in [0.25, 0.3) is 11.8 Å². The van der Waals surface area contributed by atoms with Gasteiger partial charge in [0, 0.05) is 23.2 Å². The van der Waals surface area contributed by atoms with Crippen molar-refractivity contribution >= 4 is 40.6 Å². The number of nitrogens with one attached hydrogen (secondary N) is 2. The number of rotatable bonds is 6. The third-order valence-electron chi connectivity index (χ3n) is 5.02. The largest absolute Gasteiger partial charge is 0.382 e. The quantitative estimate of drug-likeness (QED) is 0.457. The molecular weight excluding hydrogens is 445 g/mol. The maximum absolute atomic E-state index is 14.1. The molecule has 168 valence electrons. The fraction of sp³-hybridized carbons (Fsp3) is 0.167. The highest BCUT2D eigenvalue weighted by Gasteiger charge is 2.15. The zero-order chi connectivity index (χ0) is 24.1. The van der Waals surface area contributed by atoms with Crippen molar-refractivity contribution in [2.75, 3.05) is 16.4 Å². The molecule has 4 N–H and O–H groups in total. The highest BCUT2D eigenvalue weighted by atomic mass is 35.5. The lowest BCUT2D eigenvalue weighted by molar-refractivity contribution is 0.101. The van der Waals surface area contributed by atoms with E-state index >= 15 is 0 Å². The molecule has 1 heterocycles. The number of nitrogen functional groups attached to an aromatic ring is 1. The van der Waals surface area contributed by atoms with Crippen LogP contribution >= 0.6 is 11.6 Å². The van der Waals surface area contributed by atoms with Gasteiger partial charge in [0.05, 0.1) is 23.0 Å². The molecule has 0 aliphatic rings. The van der Waals surface area contributed by atoms with Crippen LogP contribution in [0.25, 0.3) is 0 Å². The maximum Gasteiger partial charge on any atom is 0.256 e. The van der Waals surface area contributed by atoms with Crippen LogP contribution in [0, 0.1) is 24.1 Å². The fourth-order valence-electron chi connectivity index (χ4n) is 3.15. The summed E-state index contributed by atoms with van der Waals surface area (Å²) in [5.41, 5.74) is 7.99. The highest BCUT2D eigenvalue weighted by molar-refractivity contribution is 6.33. The van der Waals surface area contributed by atoms with Crippen molar-refractivity contribution in [3.8, 4) is 6.07 Å². The molecular formula is C24H21ClFN5O2. The molecule has 3 aromatic rings. The number of nitrogens with zero attached hydrogens (tertiary/aromatic N) is 2. The monoisotopic (exact) mass is 465 g/mol. The Kier molecular flexibility index (Phi) is 7.26. The number of amides is 2. The van der Waals surface area contributed by atoms with Crippen molar-refractivity contribution in [2.24, 2.45) is 0 Å². The van der Waals surface area contributed by atoms with Gasteiger partial charge in [0.2, 0.25) is 0 Å². The molecule has 0 bridgehead atoms. The zero-order valence-corrected chi connectivity index (χ0v) is 18.7. The van der Waals surface area contributed by atoms with Gasteiger partial charge in [-0.15, -0.1) is 0 Å². The van der Waals surface area contributed by atoms with E-state index in [1.165, 1.54) is 24.4 Å². The predicted octanol–water partition coefficient (Wildman–Crippen LogP) is 5.29. The molecule has 0 radical (unpaired) electrons. The lowest BCUT2D eigenvalue weighted by atomic mass is 9.96. The summed E-state index contributed by atoms with van der Waals surface area (Å²) >= 11 is 5.95. The van der Waals surface area contributed by atoms with Gasteiger partial charge >= 0.3 is 0 Å². The summed E-state index contributed by atoms with van der Waals surface area (Å²) in [6, 6.07) is 12.4. The van der Waals surface area contributed by atoms with Crippen molar-refractivity contribution in [1.82, 2.24) is 4.98 Å². The number of benzene rings is 2. The zero-order valence-electron chi connectivity index (χ0n) is 17.9. The van der Waals surface area contributed by atoms with E-state index in [0.717, 1.165) is 6.07 Å². The average molecular weight is 466 g/mol. The second kappa shape index (κ2) is 10.1. The Morgan fingerprint density at radius 1 is 1.15 bits per heavy atom. The Hall–Kier alpha value is -3.96. The number of carbonyl (C=O) groups excluding carboxylic acids is 2. The third-order valence-corrected chi connectivity index (χ3v) is 5.32. The van der Waals surface area contributed by atoms with E-state index in [4.69, 9.17) is 22.6 Å². The van der Waals surface area contributed by atoms with Crippen molar-refractivity contribution in [2.45, 2.75) is 26.2 Å². The second-order valence-electron chi connectivity index (χ2n) is 7.57. The van der Waals surface area contributed by atoms with Crippen molar-refractivity contribution < 1.29 is 14.0 Å². The number of nitriles is 1. The Bertz CT molecular complexity index is 1270. The summed E-state index contributed by atoms with van der Waals surface area (Å²) in [6.07, 6.45) is 1.59. The lowest BCUT2D eigenvalue weighted by Crippen LogP contribution is -2.16. The van der Waals surface area contributed by atoms with Gasteiger partial charge < -0.3 is 16.4 Å². The van der Waals surface area contributed by atoms with Gasteiger partial charge in [0.15, 0.2) is 0 Å². The van der Waals surface area contributed by atoms with Crippen LogP contribution in [0.1, 0.15) is 51.1 Å². The van der Waals surface area contributed by atoms with Gasteiger partial charge in [-0.25, -0.2) is 9.37 Å². The molecule has 9 heteroatoms. The summed E-state index contributed by atoms with van der Waals surface area (Å²) in [5.74, 6) is -1.60. The van der Waals surface area contributed by atoms with Crippen LogP contribution in [-0.4, -0.2) is 16.8 Å². The van der Waals surface area contributed by atoms with E-state index in [1.54, 1.807) is 32.0 Å². The highest BCUT2D eigenvalue weighted by Crippen LogP contribution is 2.24. The number of carbonyl (C=O) groups is 2. The van der Waals surface area contributed by atoms with Gasteiger partial charge in [-0.3, -0.25) is 9.59 Å². The summed E-state index contributed by atoms with van der Waals surface area (Å²) < 4.78 is 14.1. The molecule has 7 nitrogen and oxygen atoms in total. The van der Waals surface area contributed by atoms with Crippen LogP contribution in [0.15, 0.2) is 48.7 Å². The standard InChI is InChI=1S/C24H21ClFN5O2/c1-13(5-6-27)15-7-16(9-17(26)8-15)23(32)30-18-4-3-14(2)20(10-18)24(33)31-19-11-21(25)22(28)29-12-19/h3-4,7-13H,5H2,1-2H3,(H2,28,29)(H,30,32)(H,31,33). The lowest BCUT2D eigenvalue weighted by Gasteiger charge is -2.13. The molecule has 1 aromatic heterocycles. The Morgan fingerprint density at radius 3 is 2.58 bits per heavy atom. The van der Waals surface area contributed by atoms with E-state index in [1.807, 2.05) is 6.07 Å². The van der Waals surface area contributed by atoms with Gasteiger partial charge in [0.1, 0.15) is 11.6 Å². The molecule has 33 heavy (non-hydrogen) atoms. The Labute approximate surface area is 195 Å². The van der Waals surface area contributed by atoms with Crippen LogP contribution in [0.5, 0.6) is 0 Å². The van der Waals surface area contributed by atoms with E-state index in [9.17, 15) is 14.0 Å². The smallest absolute Gasteiger partial charge is 0.256 e. The van der Waals surface area contributed by atoms with Crippen molar-refractivity contribution in [3.63, 3.8) is 0 Å². The number of aryl methyl sites for hydroxylation is 1. The number of anilines is 3. The van der Waals surface area contributed by atoms with E-state index in [-0.39, 0.29) is 28.7 Å². The molecule has 2 aromatic carbocycles. The minimum atomic E-state index is -0.567. The molecule has 2 amide bonds. The Morgan fingerprint density at radius 2 is 1.88 bits per heavy atom. The predicted molar refractivity (Wildman–Crippen MR) is 126 cm³/mol. The van der Waals surface area contributed by atoms with Crippen LogP contribution in [0.3, 0.4) is 0 Å². The first-order valence-electron chi connectivity index (χ1n) is 9.99. The minimum absolute atomic E-state index is 0.115. The molecule has 0 saturated carbocycles. The molecule has 0 spiro atoms.